The Balaban J connectivity index is 1.86. The quantitative estimate of drug-likeness (QED) is 0.682. The lowest BCUT2D eigenvalue weighted by Crippen LogP contribution is -2.13. The van der Waals surface area contributed by atoms with Crippen LogP contribution >= 0.6 is 11.3 Å². The van der Waals surface area contributed by atoms with Crippen LogP contribution in [0, 0.1) is 0 Å². The number of hydrogen-bond donors (Lipinski definition) is 1. The Kier molecular flexibility index (Phi) is 3.51. The van der Waals surface area contributed by atoms with E-state index in [0.717, 1.165) is 41.9 Å². The van der Waals surface area contributed by atoms with Gasteiger partial charge in [0.15, 0.2) is 0 Å². The third-order valence-electron chi connectivity index (χ3n) is 3.38. The van der Waals surface area contributed by atoms with Gasteiger partial charge in [-0.05, 0) is 47.7 Å². The number of ether oxygens (including phenoxy) is 1. The normalized spacial score (nSPS) is 16.3. The van der Waals surface area contributed by atoms with Crippen LogP contribution in [-0.4, -0.2) is 10.9 Å². The van der Waals surface area contributed by atoms with E-state index in [1.165, 1.54) is 5.56 Å². The number of hydrogen-bond acceptors (Lipinski definition) is 4. The number of oxime groups is 1. The van der Waals surface area contributed by atoms with E-state index in [1.807, 2.05) is 18.2 Å². The molecule has 0 bridgehead atoms. The summed E-state index contributed by atoms with van der Waals surface area (Å²) in [6, 6.07) is 8.02. The summed E-state index contributed by atoms with van der Waals surface area (Å²) in [5.41, 5.74) is 4.14. The lowest BCUT2D eigenvalue weighted by molar-refractivity contribution is 0.302. The van der Waals surface area contributed by atoms with Gasteiger partial charge < -0.3 is 9.94 Å². The van der Waals surface area contributed by atoms with Crippen molar-refractivity contribution in [2.24, 2.45) is 5.16 Å². The molecule has 98 valence electrons. The van der Waals surface area contributed by atoms with Crippen molar-refractivity contribution in [3.05, 3.63) is 51.7 Å². The fraction of sp³-hybridized carbons (Fsp3) is 0.267. The lowest BCUT2D eigenvalue weighted by atomic mass is 9.89. The van der Waals surface area contributed by atoms with Crippen LogP contribution in [0.25, 0.3) is 0 Å². The van der Waals surface area contributed by atoms with Crippen LogP contribution < -0.4 is 4.74 Å². The molecule has 0 amide bonds. The second kappa shape index (κ2) is 5.45. The molecule has 0 aliphatic heterocycles. The van der Waals surface area contributed by atoms with E-state index < -0.39 is 0 Å². The minimum absolute atomic E-state index is 0.589. The highest BCUT2D eigenvalue weighted by molar-refractivity contribution is 7.07. The van der Waals surface area contributed by atoms with Crippen LogP contribution in [0.15, 0.2) is 40.2 Å². The fourth-order valence-electron chi connectivity index (χ4n) is 2.44. The molecule has 0 fully saturated rings. The fourth-order valence-corrected chi connectivity index (χ4v) is 3.09. The molecule has 2 aromatic rings. The van der Waals surface area contributed by atoms with Crippen LogP contribution in [0.3, 0.4) is 0 Å². The van der Waals surface area contributed by atoms with E-state index in [4.69, 9.17) is 9.94 Å². The first-order valence-corrected chi connectivity index (χ1v) is 7.30. The minimum Gasteiger partial charge on any atom is -0.489 e. The summed E-state index contributed by atoms with van der Waals surface area (Å²) in [5.74, 6) is 0.907. The molecule has 0 radical (unpaired) electrons. The predicted molar refractivity (Wildman–Crippen MR) is 76.4 cm³/mol. The highest BCUT2D eigenvalue weighted by Gasteiger charge is 2.19. The van der Waals surface area contributed by atoms with Gasteiger partial charge in [-0.1, -0.05) is 17.3 Å². The zero-order chi connectivity index (χ0) is 13.1. The van der Waals surface area contributed by atoms with Crippen LogP contribution in [0.4, 0.5) is 0 Å². The molecule has 0 saturated heterocycles. The monoisotopic (exact) mass is 273 g/mol. The number of nitrogens with zero attached hydrogens (tertiary/aromatic N) is 1. The van der Waals surface area contributed by atoms with Crippen LogP contribution in [0.2, 0.25) is 0 Å². The summed E-state index contributed by atoms with van der Waals surface area (Å²) >= 11 is 1.68. The third kappa shape index (κ3) is 2.49. The molecule has 0 atom stereocenters. The molecule has 1 aromatic carbocycles. The number of fused-ring (bicyclic) bond motifs is 1. The lowest BCUT2D eigenvalue weighted by Gasteiger charge is -2.20. The van der Waals surface area contributed by atoms with E-state index in [1.54, 1.807) is 11.3 Å². The van der Waals surface area contributed by atoms with Crippen molar-refractivity contribution in [2.75, 3.05) is 0 Å². The largest absolute Gasteiger partial charge is 0.489 e. The Hall–Kier alpha value is -1.81. The van der Waals surface area contributed by atoms with E-state index >= 15 is 0 Å². The molecule has 1 aliphatic carbocycles. The van der Waals surface area contributed by atoms with Gasteiger partial charge in [-0.25, -0.2) is 0 Å². The predicted octanol–water partition coefficient (Wildman–Crippen LogP) is 3.84. The zero-order valence-corrected chi connectivity index (χ0v) is 11.3. The molecule has 1 heterocycles. The average Bonchev–Trinajstić information content (AvgIpc) is 2.97. The SMILES string of the molecule is ON=C1CCCc2c(OCc3ccsc3)cccc21. The van der Waals surface area contributed by atoms with Gasteiger partial charge in [0, 0.05) is 11.1 Å². The molecule has 1 aromatic heterocycles. The molecule has 1 N–H and O–H groups in total. The Morgan fingerprint density at radius 1 is 1.26 bits per heavy atom. The molecule has 19 heavy (non-hydrogen) atoms. The molecule has 1 aliphatic rings. The van der Waals surface area contributed by atoms with Gasteiger partial charge in [-0.2, -0.15) is 11.3 Å². The number of benzene rings is 1. The first-order chi connectivity index (χ1) is 9.38. The van der Waals surface area contributed by atoms with Gasteiger partial charge in [0.05, 0.1) is 5.71 Å². The average molecular weight is 273 g/mol. The van der Waals surface area contributed by atoms with E-state index in [0.29, 0.717) is 6.61 Å². The van der Waals surface area contributed by atoms with Crippen molar-refractivity contribution in [3.8, 4) is 5.75 Å². The van der Waals surface area contributed by atoms with Gasteiger partial charge in [-0.15, -0.1) is 0 Å². The Labute approximate surface area is 116 Å². The van der Waals surface area contributed by atoms with Crippen molar-refractivity contribution >= 4 is 17.0 Å². The first-order valence-electron chi connectivity index (χ1n) is 6.35. The van der Waals surface area contributed by atoms with Crippen LogP contribution in [-0.2, 0) is 13.0 Å². The van der Waals surface area contributed by atoms with Crippen molar-refractivity contribution in [3.63, 3.8) is 0 Å². The molecule has 3 rings (SSSR count). The first kappa shape index (κ1) is 12.2. The second-order valence-electron chi connectivity index (χ2n) is 4.60. The van der Waals surface area contributed by atoms with Crippen LogP contribution in [0.5, 0.6) is 5.75 Å². The summed E-state index contributed by atoms with van der Waals surface area (Å²) in [6.07, 6.45) is 2.82. The van der Waals surface area contributed by atoms with Gasteiger partial charge in [0.2, 0.25) is 0 Å². The van der Waals surface area contributed by atoms with E-state index in [9.17, 15) is 0 Å². The summed E-state index contributed by atoms with van der Waals surface area (Å²) < 4.78 is 5.91. The Morgan fingerprint density at radius 2 is 2.21 bits per heavy atom. The summed E-state index contributed by atoms with van der Waals surface area (Å²) in [6.45, 7) is 0.589. The highest BCUT2D eigenvalue weighted by Crippen LogP contribution is 2.30. The van der Waals surface area contributed by atoms with Crippen molar-refractivity contribution in [2.45, 2.75) is 25.9 Å². The smallest absolute Gasteiger partial charge is 0.123 e. The van der Waals surface area contributed by atoms with Gasteiger partial charge >= 0.3 is 0 Å². The summed E-state index contributed by atoms with van der Waals surface area (Å²) in [4.78, 5) is 0. The van der Waals surface area contributed by atoms with Gasteiger partial charge in [0.1, 0.15) is 12.4 Å². The van der Waals surface area contributed by atoms with Crippen molar-refractivity contribution in [1.82, 2.24) is 0 Å². The standard InChI is InChI=1S/C15H15NO2S/c17-16-14-5-1-4-13-12(14)3-2-6-15(13)18-9-11-7-8-19-10-11/h2-3,6-8,10,17H,1,4-5,9H2. The topological polar surface area (TPSA) is 41.8 Å². The maximum Gasteiger partial charge on any atom is 0.123 e. The molecule has 0 saturated carbocycles. The minimum atomic E-state index is 0.589. The van der Waals surface area contributed by atoms with E-state index in [2.05, 4.69) is 22.0 Å². The van der Waals surface area contributed by atoms with E-state index in [-0.39, 0.29) is 0 Å². The molecule has 4 heteroatoms. The molecule has 3 nitrogen and oxygen atoms in total. The molecule has 0 unspecified atom stereocenters. The van der Waals surface area contributed by atoms with Crippen LogP contribution in [0.1, 0.15) is 29.5 Å². The van der Waals surface area contributed by atoms with Gasteiger partial charge in [-0.3, -0.25) is 0 Å². The molecular weight excluding hydrogens is 258 g/mol. The Morgan fingerprint density at radius 3 is 3.00 bits per heavy atom. The summed E-state index contributed by atoms with van der Waals surface area (Å²) in [5, 5.41) is 16.6. The van der Waals surface area contributed by atoms with Crippen molar-refractivity contribution < 1.29 is 9.94 Å². The summed E-state index contributed by atoms with van der Waals surface area (Å²) in [7, 11) is 0. The highest BCUT2D eigenvalue weighted by atomic mass is 32.1. The molecular formula is C15H15NO2S. The Bertz CT molecular complexity index is 590. The zero-order valence-electron chi connectivity index (χ0n) is 10.5. The molecule has 0 spiro atoms. The number of rotatable bonds is 3. The number of thiophene rings is 1. The second-order valence-corrected chi connectivity index (χ2v) is 5.38. The maximum absolute atomic E-state index is 9.06. The maximum atomic E-state index is 9.06. The van der Waals surface area contributed by atoms with Gasteiger partial charge in [0.25, 0.3) is 0 Å². The van der Waals surface area contributed by atoms with Crippen molar-refractivity contribution in [1.29, 1.82) is 0 Å². The third-order valence-corrected chi connectivity index (χ3v) is 4.11.